The predicted molar refractivity (Wildman–Crippen MR) is 54.0 cm³/mol. The van der Waals surface area contributed by atoms with Crippen molar-refractivity contribution in [1.29, 1.82) is 0 Å². The van der Waals surface area contributed by atoms with Crippen molar-refractivity contribution < 1.29 is 14.3 Å². The van der Waals surface area contributed by atoms with Crippen molar-refractivity contribution in [3.63, 3.8) is 0 Å². The van der Waals surface area contributed by atoms with Gasteiger partial charge in [0.05, 0.1) is 12.7 Å². The molecule has 0 saturated carbocycles. The number of oxazole rings is 1. The number of carbonyl (C=O) groups is 1. The van der Waals surface area contributed by atoms with Crippen LogP contribution in [0, 0.1) is 0 Å². The van der Waals surface area contributed by atoms with Crippen LogP contribution in [0.5, 0.6) is 0 Å². The lowest BCUT2D eigenvalue weighted by atomic mass is 10.1. The second-order valence-corrected chi connectivity index (χ2v) is 3.82. The number of aryl methyl sites for hydroxylation is 1. The van der Waals surface area contributed by atoms with E-state index in [1.54, 1.807) is 6.20 Å². The summed E-state index contributed by atoms with van der Waals surface area (Å²) in [5.41, 5.74) is -1.37. The molecule has 1 aromatic rings. The van der Waals surface area contributed by atoms with Gasteiger partial charge in [0, 0.05) is 6.42 Å². The fraction of sp³-hybridized carbons (Fsp3) is 0.600. The molecule has 15 heavy (non-hydrogen) atoms. The van der Waals surface area contributed by atoms with Crippen LogP contribution in [0.4, 0.5) is 0 Å². The molecule has 0 aromatic carbocycles. The average molecular weight is 212 g/mol. The number of rotatable bonds is 4. The van der Waals surface area contributed by atoms with Crippen LogP contribution in [0.25, 0.3) is 0 Å². The zero-order valence-electron chi connectivity index (χ0n) is 9.20. The van der Waals surface area contributed by atoms with Gasteiger partial charge in [-0.2, -0.15) is 0 Å². The molecule has 84 valence electrons. The van der Waals surface area contributed by atoms with E-state index < -0.39 is 11.5 Å². The first-order valence-corrected chi connectivity index (χ1v) is 4.87. The third-order valence-electron chi connectivity index (χ3n) is 1.91. The number of aliphatic hydroxyl groups is 1. The van der Waals surface area contributed by atoms with Gasteiger partial charge in [-0.1, -0.05) is 6.92 Å². The fourth-order valence-electron chi connectivity index (χ4n) is 0.965. The van der Waals surface area contributed by atoms with Gasteiger partial charge in [-0.3, -0.25) is 4.79 Å². The molecule has 1 amide bonds. The Hall–Kier alpha value is -1.36. The van der Waals surface area contributed by atoms with E-state index in [2.05, 4.69) is 10.3 Å². The summed E-state index contributed by atoms with van der Waals surface area (Å²) in [5.74, 6) is 0.783. The standard InChI is InChI=1S/C10H16N2O3/c1-4-7-5-11-8(15-7)6-12-9(13)10(2,3)14/h5,14H,4,6H2,1-3H3,(H,12,13). The van der Waals surface area contributed by atoms with E-state index in [9.17, 15) is 9.90 Å². The number of nitrogens with one attached hydrogen (secondary N) is 1. The van der Waals surface area contributed by atoms with Crippen molar-refractivity contribution in [2.75, 3.05) is 0 Å². The smallest absolute Gasteiger partial charge is 0.251 e. The normalized spacial score (nSPS) is 11.5. The highest BCUT2D eigenvalue weighted by Crippen LogP contribution is 2.05. The van der Waals surface area contributed by atoms with Crippen molar-refractivity contribution in [1.82, 2.24) is 10.3 Å². The lowest BCUT2D eigenvalue weighted by Crippen LogP contribution is -2.41. The molecule has 0 saturated heterocycles. The molecule has 0 unspecified atom stereocenters. The molecule has 0 bridgehead atoms. The Labute approximate surface area is 88.5 Å². The quantitative estimate of drug-likeness (QED) is 0.767. The molecular weight excluding hydrogens is 196 g/mol. The number of carbonyl (C=O) groups excluding carboxylic acids is 1. The maximum absolute atomic E-state index is 11.3. The van der Waals surface area contributed by atoms with E-state index in [1.165, 1.54) is 13.8 Å². The summed E-state index contributed by atoms with van der Waals surface area (Å²) < 4.78 is 5.29. The molecule has 0 spiro atoms. The fourth-order valence-corrected chi connectivity index (χ4v) is 0.965. The summed E-state index contributed by atoms with van der Waals surface area (Å²) in [6.07, 6.45) is 2.40. The summed E-state index contributed by atoms with van der Waals surface area (Å²) in [4.78, 5) is 15.3. The van der Waals surface area contributed by atoms with Gasteiger partial charge in [0.15, 0.2) is 0 Å². The highest BCUT2D eigenvalue weighted by molar-refractivity contribution is 5.83. The predicted octanol–water partition coefficient (Wildman–Crippen LogP) is 0.624. The molecule has 0 aliphatic rings. The summed E-state index contributed by atoms with van der Waals surface area (Å²) in [5, 5.41) is 11.9. The maximum Gasteiger partial charge on any atom is 0.251 e. The van der Waals surface area contributed by atoms with Crippen LogP contribution in [0.2, 0.25) is 0 Å². The number of amides is 1. The van der Waals surface area contributed by atoms with E-state index in [4.69, 9.17) is 4.42 Å². The maximum atomic E-state index is 11.3. The topological polar surface area (TPSA) is 75.4 Å². The highest BCUT2D eigenvalue weighted by atomic mass is 16.4. The van der Waals surface area contributed by atoms with Gasteiger partial charge in [0.1, 0.15) is 11.4 Å². The van der Waals surface area contributed by atoms with Crippen molar-refractivity contribution in [2.24, 2.45) is 0 Å². The van der Waals surface area contributed by atoms with Crippen molar-refractivity contribution in [3.05, 3.63) is 17.8 Å². The van der Waals surface area contributed by atoms with Crippen LogP contribution in [0.3, 0.4) is 0 Å². The minimum atomic E-state index is -1.37. The Kier molecular flexibility index (Phi) is 3.47. The van der Waals surface area contributed by atoms with Gasteiger partial charge in [0.2, 0.25) is 5.89 Å². The Bertz CT molecular complexity index is 339. The summed E-state index contributed by atoms with van der Waals surface area (Å²) in [7, 11) is 0. The summed E-state index contributed by atoms with van der Waals surface area (Å²) in [6, 6.07) is 0. The van der Waals surface area contributed by atoms with E-state index in [0.717, 1.165) is 12.2 Å². The van der Waals surface area contributed by atoms with Crippen LogP contribution in [-0.4, -0.2) is 21.6 Å². The van der Waals surface area contributed by atoms with E-state index in [0.29, 0.717) is 5.89 Å². The van der Waals surface area contributed by atoms with Crippen LogP contribution in [0.1, 0.15) is 32.4 Å². The van der Waals surface area contributed by atoms with Gasteiger partial charge >= 0.3 is 0 Å². The second kappa shape index (κ2) is 4.44. The molecule has 5 nitrogen and oxygen atoms in total. The Morgan fingerprint density at radius 3 is 2.80 bits per heavy atom. The number of hydrogen-bond acceptors (Lipinski definition) is 4. The molecule has 0 radical (unpaired) electrons. The average Bonchev–Trinajstić information content (AvgIpc) is 2.60. The molecule has 1 heterocycles. The number of nitrogens with zero attached hydrogens (tertiary/aromatic N) is 1. The molecular formula is C10H16N2O3. The van der Waals surface area contributed by atoms with Crippen molar-refractivity contribution >= 4 is 5.91 Å². The van der Waals surface area contributed by atoms with Gasteiger partial charge in [-0.25, -0.2) is 4.98 Å². The number of hydrogen-bond donors (Lipinski definition) is 2. The SMILES string of the molecule is CCc1cnc(CNC(=O)C(C)(C)O)o1. The van der Waals surface area contributed by atoms with Crippen molar-refractivity contribution in [3.8, 4) is 0 Å². The zero-order valence-corrected chi connectivity index (χ0v) is 9.20. The van der Waals surface area contributed by atoms with Gasteiger partial charge < -0.3 is 14.8 Å². The Morgan fingerprint density at radius 1 is 1.67 bits per heavy atom. The zero-order chi connectivity index (χ0) is 11.5. The van der Waals surface area contributed by atoms with Gasteiger partial charge in [0.25, 0.3) is 5.91 Å². The molecule has 1 aromatic heterocycles. The molecule has 0 atom stereocenters. The molecule has 1 rings (SSSR count). The molecule has 0 aliphatic carbocycles. The van der Waals surface area contributed by atoms with Gasteiger partial charge in [-0.15, -0.1) is 0 Å². The monoisotopic (exact) mass is 212 g/mol. The second-order valence-electron chi connectivity index (χ2n) is 3.82. The molecule has 2 N–H and O–H groups in total. The first-order valence-electron chi connectivity index (χ1n) is 4.87. The first kappa shape index (κ1) is 11.7. The third kappa shape index (κ3) is 3.36. The van der Waals surface area contributed by atoms with E-state index in [-0.39, 0.29) is 6.54 Å². The van der Waals surface area contributed by atoms with Crippen LogP contribution in [0.15, 0.2) is 10.6 Å². The van der Waals surface area contributed by atoms with Crippen molar-refractivity contribution in [2.45, 2.75) is 39.3 Å². The van der Waals surface area contributed by atoms with E-state index in [1.807, 2.05) is 6.92 Å². The van der Waals surface area contributed by atoms with Crippen LogP contribution >= 0.6 is 0 Å². The van der Waals surface area contributed by atoms with Gasteiger partial charge in [-0.05, 0) is 13.8 Å². The molecule has 0 fully saturated rings. The first-order chi connectivity index (χ1) is 6.93. The summed E-state index contributed by atoms with van der Waals surface area (Å²) >= 11 is 0. The lowest BCUT2D eigenvalue weighted by molar-refractivity contribution is -0.136. The minimum Gasteiger partial charge on any atom is -0.444 e. The van der Waals surface area contributed by atoms with Crippen LogP contribution in [-0.2, 0) is 17.8 Å². The minimum absolute atomic E-state index is 0.197. The highest BCUT2D eigenvalue weighted by Gasteiger charge is 2.23. The van der Waals surface area contributed by atoms with E-state index >= 15 is 0 Å². The lowest BCUT2D eigenvalue weighted by Gasteiger charge is -2.15. The number of aromatic nitrogens is 1. The molecule has 0 aliphatic heterocycles. The van der Waals surface area contributed by atoms with Crippen LogP contribution < -0.4 is 5.32 Å². The molecule has 5 heteroatoms. The Morgan fingerprint density at radius 2 is 2.33 bits per heavy atom. The Balaban J connectivity index is 2.47. The summed E-state index contributed by atoms with van der Waals surface area (Å²) in [6.45, 7) is 5.01. The largest absolute Gasteiger partial charge is 0.444 e. The third-order valence-corrected chi connectivity index (χ3v) is 1.91.